The van der Waals surface area contributed by atoms with E-state index in [1.165, 1.54) is 19.2 Å². The fraction of sp³-hybridized carbons (Fsp3) is 0.533. The quantitative estimate of drug-likeness (QED) is 0.921. The molecular formula is C15H19F3N2O. The van der Waals surface area contributed by atoms with Crippen LogP contribution in [0.1, 0.15) is 41.6 Å². The van der Waals surface area contributed by atoms with Gasteiger partial charge in [0.2, 0.25) is 0 Å². The van der Waals surface area contributed by atoms with Crippen LogP contribution in [0.2, 0.25) is 0 Å². The number of benzene rings is 1. The van der Waals surface area contributed by atoms with Gasteiger partial charge in [-0.1, -0.05) is 18.9 Å². The van der Waals surface area contributed by atoms with E-state index in [9.17, 15) is 18.0 Å². The van der Waals surface area contributed by atoms with Gasteiger partial charge in [-0.05, 0) is 25.0 Å². The van der Waals surface area contributed by atoms with E-state index in [1.54, 1.807) is 11.9 Å². The molecule has 2 rings (SSSR count). The van der Waals surface area contributed by atoms with Crippen LogP contribution in [0.5, 0.6) is 0 Å². The number of carbonyl (C=O) groups is 1. The van der Waals surface area contributed by atoms with Crippen molar-refractivity contribution in [3.8, 4) is 0 Å². The Morgan fingerprint density at radius 3 is 2.43 bits per heavy atom. The fourth-order valence-corrected chi connectivity index (χ4v) is 2.88. The van der Waals surface area contributed by atoms with Gasteiger partial charge in [-0.25, -0.2) is 0 Å². The van der Waals surface area contributed by atoms with E-state index in [1.807, 2.05) is 0 Å². The lowest BCUT2D eigenvalue weighted by Crippen LogP contribution is -2.35. The third kappa shape index (κ3) is 3.14. The first-order valence-corrected chi connectivity index (χ1v) is 7.01. The lowest BCUT2D eigenvalue weighted by Gasteiger charge is -2.26. The Labute approximate surface area is 122 Å². The van der Waals surface area contributed by atoms with Gasteiger partial charge in [-0.3, -0.25) is 4.79 Å². The molecule has 0 unspecified atom stereocenters. The molecule has 0 heterocycles. The molecule has 1 aliphatic carbocycles. The van der Waals surface area contributed by atoms with Crippen molar-refractivity contribution in [3.63, 3.8) is 0 Å². The molecule has 1 saturated carbocycles. The molecule has 0 bridgehead atoms. The number of anilines is 1. The van der Waals surface area contributed by atoms with Gasteiger partial charge in [0.25, 0.3) is 5.91 Å². The lowest BCUT2D eigenvalue weighted by molar-refractivity contribution is -0.136. The van der Waals surface area contributed by atoms with E-state index in [4.69, 9.17) is 0 Å². The predicted molar refractivity (Wildman–Crippen MR) is 75.3 cm³/mol. The summed E-state index contributed by atoms with van der Waals surface area (Å²) in [6.45, 7) is 0. The molecule has 0 radical (unpaired) electrons. The van der Waals surface area contributed by atoms with Gasteiger partial charge in [0, 0.05) is 20.1 Å². The maximum absolute atomic E-state index is 13.0. The maximum atomic E-state index is 13.0. The van der Waals surface area contributed by atoms with Gasteiger partial charge >= 0.3 is 6.18 Å². The molecule has 0 aromatic heterocycles. The molecule has 0 saturated heterocycles. The molecule has 0 atom stereocenters. The summed E-state index contributed by atoms with van der Waals surface area (Å²) in [7, 11) is 3.06. The van der Waals surface area contributed by atoms with Gasteiger partial charge in [0.1, 0.15) is 0 Å². The van der Waals surface area contributed by atoms with Crippen LogP contribution >= 0.6 is 0 Å². The minimum Gasteiger partial charge on any atom is -0.387 e. The van der Waals surface area contributed by atoms with Crippen molar-refractivity contribution in [2.24, 2.45) is 0 Å². The van der Waals surface area contributed by atoms with Crippen LogP contribution < -0.4 is 5.32 Å². The first-order chi connectivity index (χ1) is 9.86. The molecule has 1 aromatic carbocycles. The third-order valence-electron chi connectivity index (χ3n) is 4.04. The second-order valence-corrected chi connectivity index (χ2v) is 5.33. The molecule has 1 N–H and O–H groups in total. The van der Waals surface area contributed by atoms with Crippen LogP contribution in [-0.4, -0.2) is 30.9 Å². The van der Waals surface area contributed by atoms with Crippen molar-refractivity contribution in [2.45, 2.75) is 37.9 Å². The Morgan fingerprint density at radius 1 is 1.29 bits per heavy atom. The zero-order valence-electron chi connectivity index (χ0n) is 12.1. The number of halogens is 3. The molecule has 0 aliphatic heterocycles. The highest BCUT2D eigenvalue weighted by molar-refractivity contribution is 6.00. The number of hydrogen-bond acceptors (Lipinski definition) is 2. The summed E-state index contributed by atoms with van der Waals surface area (Å²) in [6.07, 6.45) is -0.541. The number of nitrogens with zero attached hydrogens (tertiary/aromatic N) is 1. The van der Waals surface area contributed by atoms with Gasteiger partial charge in [-0.2, -0.15) is 13.2 Å². The number of rotatable bonds is 3. The normalized spacial score (nSPS) is 16.0. The number of hydrogen-bond donors (Lipinski definition) is 1. The van der Waals surface area contributed by atoms with Gasteiger partial charge in [0.15, 0.2) is 0 Å². The highest BCUT2D eigenvalue weighted by atomic mass is 19.4. The van der Waals surface area contributed by atoms with Crippen LogP contribution in [0.3, 0.4) is 0 Å². The highest BCUT2D eigenvalue weighted by Crippen LogP contribution is 2.37. The first-order valence-electron chi connectivity index (χ1n) is 7.01. The number of para-hydroxylation sites is 1. The van der Waals surface area contributed by atoms with Gasteiger partial charge in [-0.15, -0.1) is 0 Å². The van der Waals surface area contributed by atoms with E-state index >= 15 is 0 Å². The number of alkyl halides is 3. The summed E-state index contributed by atoms with van der Waals surface area (Å²) in [5.74, 6) is -0.364. The summed E-state index contributed by atoms with van der Waals surface area (Å²) in [5, 5.41) is 2.53. The molecule has 0 spiro atoms. The average Bonchev–Trinajstić information content (AvgIpc) is 2.98. The Kier molecular flexibility index (Phi) is 4.44. The van der Waals surface area contributed by atoms with E-state index in [0.717, 1.165) is 31.7 Å². The van der Waals surface area contributed by atoms with Crippen molar-refractivity contribution in [3.05, 3.63) is 29.3 Å². The van der Waals surface area contributed by atoms with Crippen molar-refractivity contribution >= 4 is 11.6 Å². The standard InChI is InChI=1S/C15H19F3N2O/c1-19-13-11(8-5-9-12(13)15(16,17)18)14(21)20(2)10-6-3-4-7-10/h5,8-10,19H,3-4,6-7H2,1-2H3. The topological polar surface area (TPSA) is 32.3 Å². The smallest absolute Gasteiger partial charge is 0.387 e. The minimum atomic E-state index is -4.49. The second-order valence-electron chi connectivity index (χ2n) is 5.33. The third-order valence-corrected chi connectivity index (χ3v) is 4.04. The molecule has 6 heteroatoms. The molecular weight excluding hydrogens is 281 g/mol. The monoisotopic (exact) mass is 300 g/mol. The summed E-state index contributed by atoms with van der Waals surface area (Å²) >= 11 is 0. The molecule has 1 amide bonds. The summed E-state index contributed by atoms with van der Waals surface area (Å²) < 4.78 is 39.0. The summed E-state index contributed by atoms with van der Waals surface area (Å²) in [4.78, 5) is 14.1. The van der Waals surface area contributed by atoms with Crippen LogP contribution in [0.4, 0.5) is 18.9 Å². The molecule has 3 nitrogen and oxygen atoms in total. The zero-order valence-corrected chi connectivity index (χ0v) is 12.1. The summed E-state index contributed by atoms with van der Waals surface area (Å²) in [6, 6.07) is 3.82. The van der Waals surface area contributed by atoms with Crippen LogP contribution in [0, 0.1) is 0 Å². The Hall–Kier alpha value is -1.72. The van der Waals surface area contributed by atoms with Crippen LogP contribution in [0.15, 0.2) is 18.2 Å². The van der Waals surface area contributed by atoms with Crippen molar-refractivity contribution in [1.82, 2.24) is 4.90 Å². The van der Waals surface area contributed by atoms with Crippen LogP contribution in [-0.2, 0) is 6.18 Å². The van der Waals surface area contributed by atoms with E-state index in [-0.39, 0.29) is 23.2 Å². The maximum Gasteiger partial charge on any atom is 0.418 e. The van der Waals surface area contributed by atoms with Crippen LogP contribution in [0.25, 0.3) is 0 Å². The fourth-order valence-electron chi connectivity index (χ4n) is 2.88. The highest BCUT2D eigenvalue weighted by Gasteiger charge is 2.36. The van der Waals surface area contributed by atoms with E-state index in [0.29, 0.717) is 0 Å². The molecule has 21 heavy (non-hydrogen) atoms. The lowest BCUT2D eigenvalue weighted by atomic mass is 10.0. The van der Waals surface area contributed by atoms with Crippen molar-refractivity contribution in [2.75, 3.05) is 19.4 Å². The molecule has 1 aliphatic rings. The summed E-state index contributed by atoms with van der Waals surface area (Å²) in [5.41, 5.74) is -0.891. The first kappa shape index (κ1) is 15.7. The SMILES string of the molecule is CNc1c(C(=O)N(C)C2CCCC2)cccc1C(F)(F)F. The second kappa shape index (κ2) is 5.95. The minimum absolute atomic E-state index is 0.0710. The van der Waals surface area contributed by atoms with Gasteiger partial charge < -0.3 is 10.2 Å². The van der Waals surface area contributed by atoms with Crippen molar-refractivity contribution in [1.29, 1.82) is 0 Å². The number of amides is 1. The molecule has 116 valence electrons. The Bertz CT molecular complexity index is 522. The number of carbonyl (C=O) groups excluding carboxylic acids is 1. The average molecular weight is 300 g/mol. The Morgan fingerprint density at radius 2 is 1.90 bits per heavy atom. The predicted octanol–water partition coefficient (Wildman–Crippen LogP) is 3.76. The van der Waals surface area contributed by atoms with Crippen molar-refractivity contribution < 1.29 is 18.0 Å². The largest absolute Gasteiger partial charge is 0.418 e. The molecule has 1 aromatic rings. The molecule has 1 fully saturated rings. The zero-order chi connectivity index (χ0) is 15.6. The number of nitrogens with one attached hydrogen (secondary N) is 1. The van der Waals surface area contributed by atoms with E-state index in [2.05, 4.69) is 5.32 Å². The van der Waals surface area contributed by atoms with E-state index < -0.39 is 11.7 Å². The van der Waals surface area contributed by atoms with Gasteiger partial charge in [0.05, 0.1) is 16.8 Å². The Balaban J connectivity index is 2.36.